The predicted octanol–water partition coefficient (Wildman–Crippen LogP) is -0.607. The van der Waals surface area contributed by atoms with Crippen LogP contribution in [0.2, 0.25) is 0 Å². The van der Waals surface area contributed by atoms with Gasteiger partial charge in [0.25, 0.3) is 0 Å². The fraction of sp³-hybridized carbons (Fsp3) is 0.750. The largest absolute Gasteiger partial charge is 0.526 e. The zero-order chi connectivity index (χ0) is 9.07. The van der Waals surface area contributed by atoms with Crippen molar-refractivity contribution in [2.45, 2.75) is 19.4 Å². The van der Waals surface area contributed by atoms with E-state index in [1.807, 2.05) is 0 Å². The number of carbonyl (C=O) groups excluding carboxylic acids is 1. The molecule has 0 fully saturated rings. The lowest BCUT2D eigenvalue weighted by Crippen LogP contribution is -2.11. The molecule has 0 heterocycles. The lowest BCUT2D eigenvalue weighted by atomic mass is 10.3. The Kier molecular flexibility index (Phi) is 3.68. The number of rotatable bonds is 3. The minimum Gasteiger partial charge on any atom is -0.393 e. The van der Waals surface area contributed by atoms with Gasteiger partial charge < -0.3 is 9.63 Å². The smallest absolute Gasteiger partial charge is 0.393 e. The van der Waals surface area contributed by atoms with E-state index in [0.717, 1.165) is 0 Å². The van der Waals surface area contributed by atoms with E-state index in [-0.39, 0.29) is 0 Å². The van der Waals surface area contributed by atoms with Crippen LogP contribution in [-0.4, -0.2) is 27.0 Å². The molecule has 11 heavy (non-hydrogen) atoms. The van der Waals surface area contributed by atoms with Gasteiger partial charge in [-0.25, -0.2) is 4.57 Å². The third-order valence-corrected chi connectivity index (χ3v) is 1.12. The van der Waals surface area contributed by atoms with E-state index >= 15 is 0 Å². The average Bonchev–Trinajstić information content (AvgIpc) is 1.53. The van der Waals surface area contributed by atoms with Crippen LogP contribution in [0.25, 0.3) is 0 Å². The minimum absolute atomic E-state index is 0.425. The topological polar surface area (TPSA) is 104 Å². The van der Waals surface area contributed by atoms with Gasteiger partial charge in [0, 0.05) is 0 Å². The number of hydrogen-bond acceptors (Lipinski definition) is 4. The number of phosphoric ester groups is 1. The zero-order valence-corrected chi connectivity index (χ0v) is 6.69. The summed E-state index contributed by atoms with van der Waals surface area (Å²) < 4.78 is 13.6. The Morgan fingerprint density at radius 2 is 2.09 bits per heavy atom. The van der Waals surface area contributed by atoms with Crippen molar-refractivity contribution in [1.29, 1.82) is 0 Å². The Labute approximate surface area is 63.0 Å². The molecule has 0 radical (unpaired) electrons. The first-order valence-corrected chi connectivity index (χ1v) is 4.30. The summed E-state index contributed by atoms with van der Waals surface area (Å²) >= 11 is 0. The molecule has 0 aromatic rings. The summed E-state index contributed by atoms with van der Waals surface area (Å²) in [6.45, 7) is 1.31. The molecule has 7 heteroatoms. The van der Waals surface area contributed by atoms with Crippen LogP contribution >= 0.6 is 7.82 Å². The normalized spacial score (nSPS) is 14.2. The van der Waals surface area contributed by atoms with Crippen LogP contribution in [-0.2, 0) is 13.9 Å². The van der Waals surface area contributed by atoms with Crippen LogP contribution in [0.1, 0.15) is 13.3 Å². The number of aliphatic hydroxyl groups is 1. The van der Waals surface area contributed by atoms with Crippen LogP contribution in [0.15, 0.2) is 0 Å². The summed E-state index contributed by atoms with van der Waals surface area (Å²) in [5.74, 6) is -1.12. The number of hydrogen-bond donors (Lipinski definition) is 3. The Morgan fingerprint density at radius 3 is 2.36 bits per heavy atom. The molecular formula is C4H9O6P. The maximum Gasteiger partial charge on any atom is 0.526 e. The molecule has 0 aromatic carbocycles. The molecular weight excluding hydrogens is 175 g/mol. The second-order valence-corrected chi connectivity index (χ2v) is 3.17. The summed E-state index contributed by atoms with van der Waals surface area (Å²) in [6.07, 6.45) is -1.39. The molecule has 0 amide bonds. The molecule has 0 rings (SSSR count). The Balaban J connectivity index is 3.80. The summed E-state index contributed by atoms with van der Waals surface area (Å²) in [6, 6.07) is 0. The number of carbonyl (C=O) groups is 1. The zero-order valence-electron chi connectivity index (χ0n) is 5.80. The average molecular weight is 184 g/mol. The fourth-order valence-electron chi connectivity index (χ4n) is 0.411. The second kappa shape index (κ2) is 3.82. The molecule has 0 aliphatic carbocycles. The first-order chi connectivity index (χ1) is 4.81. The lowest BCUT2D eigenvalue weighted by molar-refractivity contribution is -0.137. The molecule has 0 bridgehead atoms. The van der Waals surface area contributed by atoms with Gasteiger partial charge in [-0.2, -0.15) is 0 Å². The summed E-state index contributed by atoms with van der Waals surface area (Å²) in [5, 5.41) is 8.57. The van der Waals surface area contributed by atoms with Gasteiger partial charge in [0.15, 0.2) is 0 Å². The van der Waals surface area contributed by atoms with Gasteiger partial charge in [-0.15, -0.1) is 0 Å². The monoisotopic (exact) mass is 184 g/mol. The van der Waals surface area contributed by atoms with Crippen LogP contribution in [0.3, 0.4) is 0 Å². The standard InChI is InChI=1S/C4H9O6P/c1-3(5)2-4(6)10-11(7,8)9/h3,5H,2H2,1H3,(H2,7,8,9)/t3-/m0/s1. The summed E-state index contributed by atoms with van der Waals surface area (Å²) in [5.41, 5.74) is 0. The molecule has 0 saturated carbocycles. The molecule has 0 aliphatic heterocycles. The highest BCUT2D eigenvalue weighted by Gasteiger charge is 2.20. The Hall–Kier alpha value is -0.420. The van der Waals surface area contributed by atoms with Crippen molar-refractivity contribution < 1.29 is 28.8 Å². The van der Waals surface area contributed by atoms with Gasteiger partial charge >= 0.3 is 13.8 Å². The fourth-order valence-corrected chi connectivity index (χ4v) is 0.751. The maximum absolute atomic E-state index is 10.4. The van der Waals surface area contributed by atoms with E-state index in [4.69, 9.17) is 14.9 Å². The molecule has 0 unspecified atom stereocenters. The van der Waals surface area contributed by atoms with Crippen molar-refractivity contribution in [3.63, 3.8) is 0 Å². The van der Waals surface area contributed by atoms with Crippen LogP contribution in [0.5, 0.6) is 0 Å². The van der Waals surface area contributed by atoms with Gasteiger partial charge in [-0.1, -0.05) is 0 Å². The summed E-state index contributed by atoms with van der Waals surface area (Å²) in [4.78, 5) is 26.6. The maximum atomic E-state index is 10.4. The molecule has 66 valence electrons. The van der Waals surface area contributed by atoms with E-state index in [0.29, 0.717) is 0 Å². The molecule has 0 aliphatic rings. The van der Waals surface area contributed by atoms with Gasteiger partial charge in [-0.05, 0) is 6.92 Å². The highest BCUT2D eigenvalue weighted by atomic mass is 31.2. The predicted molar refractivity (Wildman–Crippen MR) is 34.4 cm³/mol. The van der Waals surface area contributed by atoms with E-state index < -0.39 is 26.3 Å². The molecule has 0 aromatic heterocycles. The lowest BCUT2D eigenvalue weighted by Gasteiger charge is -2.05. The second-order valence-electron chi connectivity index (χ2n) is 2.01. The van der Waals surface area contributed by atoms with Gasteiger partial charge in [0.1, 0.15) is 0 Å². The van der Waals surface area contributed by atoms with Gasteiger partial charge in [-0.3, -0.25) is 14.6 Å². The highest BCUT2D eigenvalue weighted by Crippen LogP contribution is 2.36. The van der Waals surface area contributed by atoms with Crippen molar-refractivity contribution in [3.05, 3.63) is 0 Å². The van der Waals surface area contributed by atoms with Crippen molar-refractivity contribution in [1.82, 2.24) is 0 Å². The quantitative estimate of drug-likeness (QED) is 0.505. The van der Waals surface area contributed by atoms with Crippen molar-refractivity contribution in [3.8, 4) is 0 Å². The Bertz CT molecular complexity index is 181. The molecule has 3 N–H and O–H groups in total. The summed E-state index contributed by atoms with van der Waals surface area (Å²) in [7, 11) is -4.74. The van der Waals surface area contributed by atoms with E-state index in [2.05, 4.69) is 4.52 Å². The van der Waals surface area contributed by atoms with Crippen LogP contribution in [0, 0.1) is 0 Å². The van der Waals surface area contributed by atoms with E-state index in [1.165, 1.54) is 6.92 Å². The van der Waals surface area contributed by atoms with Crippen LogP contribution < -0.4 is 0 Å². The number of phosphoric acid groups is 1. The van der Waals surface area contributed by atoms with Gasteiger partial charge in [0.2, 0.25) is 0 Å². The first kappa shape index (κ1) is 10.6. The van der Waals surface area contributed by atoms with E-state index in [1.54, 1.807) is 0 Å². The van der Waals surface area contributed by atoms with Crippen molar-refractivity contribution >= 4 is 13.8 Å². The third kappa shape index (κ3) is 7.48. The highest BCUT2D eigenvalue weighted by molar-refractivity contribution is 7.46. The van der Waals surface area contributed by atoms with Crippen molar-refractivity contribution in [2.75, 3.05) is 0 Å². The molecule has 0 saturated heterocycles. The third-order valence-electron chi connectivity index (χ3n) is 0.683. The minimum atomic E-state index is -4.74. The SMILES string of the molecule is C[C@H](O)CC(=O)OP(=O)(O)O. The Morgan fingerprint density at radius 1 is 1.64 bits per heavy atom. The first-order valence-electron chi connectivity index (χ1n) is 2.77. The molecule has 1 atom stereocenters. The number of aliphatic hydroxyl groups excluding tert-OH is 1. The molecule has 6 nitrogen and oxygen atoms in total. The van der Waals surface area contributed by atoms with Crippen molar-refractivity contribution in [2.24, 2.45) is 0 Å². The van der Waals surface area contributed by atoms with E-state index in [9.17, 15) is 9.36 Å². The van der Waals surface area contributed by atoms with Gasteiger partial charge in [0.05, 0.1) is 12.5 Å². The molecule has 0 spiro atoms. The van der Waals surface area contributed by atoms with Crippen LogP contribution in [0.4, 0.5) is 0 Å².